The van der Waals surface area contributed by atoms with E-state index in [0.717, 1.165) is 47.4 Å². The summed E-state index contributed by atoms with van der Waals surface area (Å²) in [6.45, 7) is 6.71. The molecule has 0 aliphatic carbocycles. The molecule has 128 valence electrons. The van der Waals surface area contributed by atoms with E-state index in [2.05, 4.69) is 24.1 Å². The highest BCUT2D eigenvalue weighted by atomic mass is 16.2. The Morgan fingerprint density at radius 2 is 1.88 bits per heavy atom. The molecule has 0 saturated carbocycles. The standard InChI is InChI=1S/C20H27N3O/c1-3-17-15(2)20(16-10-6-7-11-18(16)21-17)22-19(24)14-23-12-8-4-5-9-13-23/h6-7,10-11H,3-5,8-9,12-14H2,1-2H3,(H,21,22,24). The van der Waals surface area contributed by atoms with Crippen LogP contribution in [0.3, 0.4) is 0 Å². The van der Waals surface area contributed by atoms with Crippen LogP contribution < -0.4 is 5.32 Å². The fourth-order valence-corrected chi connectivity index (χ4v) is 3.54. The maximum atomic E-state index is 12.6. The van der Waals surface area contributed by atoms with Crippen LogP contribution in [0.2, 0.25) is 0 Å². The maximum Gasteiger partial charge on any atom is 0.238 e. The van der Waals surface area contributed by atoms with Crippen LogP contribution in [0.25, 0.3) is 10.9 Å². The van der Waals surface area contributed by atoms with Gasteiger partial charge < -0.3 is 5.32 Å². The molecule has 0 spiro atoms. The second kappa shape index (κ2) is 7.75. The van der Waals surface area contributed by atoms with Crippen LogP contribution >= 0.6 is 0 Å². The number of pyridine rings is 1. The molecule has 4 nitrogen and oxygen atoms in total. The van der Waals surface area contributed by atoms with E-state index in [1.807, 2.05) is 24.3 Å². The minimum absolute atomic E-state index is 0.0819. The predicted molar refractivity (Wildman–Crippen MR) is 99.4 cm³/mol. The number of nitrogens with zero attached hydrogens (tertiary/aromatic N) is 2. The van der Waals surface area contributed by atoms with Crippen molar-refractivity contribution in [3.8, 4) is 0 Å². The Morgan fingerprint density at radius 3 is 2.58 bits per heavy atom. The van der Waals surface area contributed by atoms with Crippen LogP contribution in [-0.2, 0) is 11.2 Å². The van der Waals surface area contributed by atoms with Gasteiger partial charge in [-0.05, 0) is 50.9 Å². The highest BCUT2D eigenvalue weighted by Crippen LogP contribution is 2.28. The van der Waals surface area contributed by atoms with E-state index < -0.39 is 0 Å². The fraction of sp³-hybridized carbons (Fsp3) is 0.500. The molecular weight excluding hydrogens is 298 g/mol. The van der Waals surface area contributed by atoms with Crippen LogP contribution in [0.4, 0.5) is 5.69 Å². The summed E-state index contributed by atoms with van der Waals surface area (Å²) in [5, 5.41) is 4.20. The lowest BCUT2D eigenvalue weighted by Crippen LogP contribution is -2.34. The van der Waals surface area contributed by atoms with Gasteiger partial charge in [-0.25, -0.2) is 0 Å². The van der Waals surface area contributed by atoms with Gasteiger partial charge >= 0.3 is 0 Å². The van der Waals surface area contributed by atoms with E-state index in [9.17, 15) is 4.79 Å². The van der Waals surface area contributed by atoms with E-state index in [1.54, 1.807) is 0 Å². The van der Waals surface area contributed by atoms with Crippen molar-refractivity contribution in [3.05, 3.63) is 35.5 Å². The summed E-state index contributed by atoms with van der Waals surface area (Å²) < 4.78 is 0. The SMILES string of the molecule is CCc1nc2ccccc2c(NC(=O)CN2CCCCCC2)c1C. The number of carbonyl (C=O) groups is 1. The van der Waals surface area contributed by atoms with Gasteiger partial charge in [0.15, 0.2) is 0 Å². The molecule has 1 aliphatic rings. The smallest absolute Gasteiger partial charge is 0.238 e. The highest BCUT2D eigenvalue weighted by Gasteiger charge is 2.16. The molecule has 4 heteroatoms. The van der Waals surface area contributed by atoms with Crippen LogP contribution in [0.5, 0.6) is 0 Å². The largest absolute Gasteiger partial charge is 0.324 e. The Bertz CT molecular complexity index is 718. The van der Waals surface area contributed by atoms with Crippen molar-refractivity contribution in [2.45, 2.75) is 46.0 Å². The predicted octanol–water partition coefficient (Wildman–Crippen LogP) is 3.92. The van der Waals surface area contributed by atoms with Gasteiger partial charge in [0, 0.05) is 11.1 Å². The molecule has 3 rings (SSSR count). The molecule has 1 aromatic carbocycles. The lowest BCUT2D eigenvalue weighted by molar-refractivity contribution is -0.117. The quantitative estimate of drug-likeness (QED) is 0.926. The number of anilines is 1. The number of nitrogens with one attached hydrogen (secondary N) is 1. The molecule has 1 N–H and O–H groups in total. The average Bonchev–Trinajstić information content (AvgIpc) is 2.85. The number of fused-ring (bicyclic) bond motifs is 1. The Morgan fingerprint density at radius 1 is 1.17 bits per heavy atom. The molecule has 0 unspecified atom stereocenters. The van der Waals surface area contributed by atoms with Gasteiger partial charge in [0.25, 0.3) is 0 Å². The number of para-hydroxylation sites is 1. The fourth-order valence-electron chi connectivity index (χ4n) is 3.54. The number of aromatic nitrogens is 1. The summed E-state index contributed by atoms with van der Waals surface area (Å²) in [4.78, 5) is 19.6. The molecule has 0 radical (unpaired) electrons. The topological polar surface area (TPSA) is 45.2 Å². The number of carbonyl (C=O) groups excluding carboxylic acids is 1. The number of amides is 1. The Labute approximate surface area is 144 Å². The zero-order valence-corrected chi connectivity index (χ0v) is 14.8. The molecule has 1 aromatic heterocycles. The molecule has 1 fully saturated rings. The third-order valence-corrected chi connectivity index (χ3v) is 4.90. The summed E-state index contributed by atoms with van der Waals surface area (Å²) in [6, 6.07) is 8.04. The van der Waals surface area contributed by atoms with E-state index in [-0.39, 0.29) is 5.91 Å². The first-order chi connectivity index (χ1) is 11.7. The van der Waals surface area contributed by atoms with Crippen LogP contribution in [0.15, 0.2) is 24.3 Å². The molecule has 0 atom stereocenters. The third-order valence-electron chi connectivity index (χ3n) is 4.90. The van der Waals surface area contributed by atoms with Crippen molar-refractivity contribution >= 4 is 22.5 Å². The van der Waals surface area contributed by atoms with Crippen LogP contribution in [0.1, 0.15) is 43.9 Å². The van der Waals surface area contributed by atoms with Crippen molar-refractivity contribution in [3.63, 3.8) is 0 Å². The van der Waals surface area contributed by atoms with Gasteiger partial charge in [-0.3, -0.25) is 14.7 Å². The molecule has 0 bridgehead atoms. The highest BCUT2D eigenvalue weighted by molar-refractivity contribution is 6.03. The number of likely N-dealkylation sites (tertiary alicyclic amines) is 1. The van der Waals surface area contributed by atoms with Crippen LogP contribution in [-0.4, -0.2) is 35.4 Å². The summed E-state index contributed by atoms with van der Waals surface area (Å²) in [5.41, 5.74) is 4.02. The van der Waals surface area contributed by atoms with Gasteiger partial charge in [-0.1, -0.05) is 38.0 Å². The summed E-state index contributed by atoms with van der Waals surface area (Å²) >= 11 is 0. The monoisotopic (exact) mass is 325 g/mol. The van der Waals surface area contributed by atoms with Crippen molar-refractivity contribution in [1.82, 2.24) is 9.88 Å². The zero-order valence-electron chi connectivity index (χ0n) is 14.8. The Hall–Kier alpha value is -1.94. The summed E-state index contributed by atoms with van der Waals surface area (Å²) in [5.74, 6) is 0.0819. The minimum atomic E-state index is 0.0819. The zero-order chi connectivity index (χ0) is 16.9. The van der Waals surface area contributed by atoms with Gasteiger partial charge in [-0.15, -0.1) is 0 Å². The molecule has 1 saturated heterocycles. The number of aryl methyl sites for hydroxylation is 1. The van der Waals surface area contributed by atoms with E-state index in [1.165, 1.54) is 25.7 Å². The molecule has 2 heterocycles. The first kappa shape index (κ1) is 16.9. The maximum absolute atomic E-state index is 12.6. The first-order valence-electron chi connectivity index (χ1n) is 9.09. The molecule has 1 amide bonds. The second-order valence-corrected chi connectivity index (χ2v) is 6.67. The van der Waals surface area contributed by atoms with Gasteiger partial charge in [-0.2, -0.15) is 0 Å². The van der Waals surface area contributed by atoms with E-state index in [0.29, 0.717) is 6.54 Å². The second-order valence-electron chi connectivity index (χ2n) is 6.67. The van der Waals surface area contributed by atoms with Crippen molar-refractivity contribution in [1.29, 1.82) is 0 Å². The molecule has 1 aliphatic heterocycles. The molecule has 2 aromatic rings. The van der Waals surface area contributed by atoms with Gasteiger partial charge in [0.1, 0.15) is 0 Å². The minimum Gasteiger partial charge on any atom is -0.324 e. The van der Waals surface area contributed by atoms with Gasteiger partial charge in [0.05, 0.1) is 17.7 Å². The number of rotatable bonds is 4. The van der Waals surface area contributed by atoms with E-state index in [4.69, 9.17) is 4.98 Å². The van der Waals surface area contributed by atoms with Gasteiger partial charge in [0.2, 0.25) is 5.91 Å². The third kappa shape index (κ3) is 3.75. The lowest BCUT2D eigenvalue weighted by atomic mass is 10.1. The van der Waals surface area contributed by atoms with Crippen molar-refractivity contribution < 1.29 is 4.79 Å². The summed E-state index contributed by atoms with van der Waals surface area (Å²) in [6.07, 6.45) is 5.83. The van der Waals surface area contributed by atoms with Crippen molar-refractivity contribution in [2.75, 3.05) is 25.0 Å². The normalized spacial score (nSPS) is 16.1. The molecule has 24 heavy (non-hydrogen) atoms. The van der Waals surface area contributed by atoms with E-state index >= 15 is 0 Å². The Balaban J connectivity index is 1.83. The van der Waals surface area contributed by atoms with Crippen LogP contribution in [0, 0.1) is 6.92 Å². The number of hydrogen-bond donors (Lipinski definition) is 1. The lowest BCUT2D eigenvalue weighted by Gasteiger charge is -2.20. The Kier molecular flexibility index (Phi) is 5.46. The first-order valence-corrected chi connectivity index (χ1v) is 9.09. The number of hydrogen-bond acceptors (Lipinski definition) is 3. The summed E-state index contributed by atoms with van der Waals surface area (Å²) in [7, 11) is 0. The molecular formula is C20H27N3O. The van der Waals surface area contributed by atoms with Crippen molar-refractivity contribution in [2.24, 2.45) is 0 Å². The average molecular weight is 325 g/mol. The number of benzene rings is 1.